The molecule has 0 aromatic heterocycles. The first-order valence-corrected chi connectivity index (χ1v) is 7.56. The van der Waals surface area contributed by atoms with Gasteiger partial charge in [-0.05, 0) is 30.5 Å². The topological polar surface area (TPSA) is 43.4 Å². The molecule has 1 atom stereocenters. The molecule has 0 amide bonds. The van der Waals surface area contributed by atoms with Crippen LogP contribution in [-0.2, 0) is 15.5 Å². The molecule has 1 aliphatic heterocycles. The lowest BCUT2D eigenvalue weighted by molar-refractivity contribution is 0.235. The van der Waals surface area contributed by atoms with Gasteiger partial charge in [0.25, 0.3) is 0 Å². The summed E-state index contributed by atoms with van der Waals surface area (Å²) in [5.41, 5.74) is 2.20. The molecular weight excluding hydrogens is 248 g/mol. The number of benzene rings is 1. The molecule has 0 N–H and O–H groups in total. The van der Waals surface area contributed by atoms with E-state index in [0.717, 1.165) is 16.9 Å². The first-order chi connectivity index (χ1) is 7.44. The summed E-state index contributed by atoms with van der Waals surface area (Å²) in [6.45, 7) is 2.42. The Morgan fingerprint density at radius 3 is 2.94 bits per heavy atom. The predicted octanol–water partition coefficient (Wildman–Crippen LogP) is 2.11. The molecule has 0 radical (unpaired) electrons. The Kier molecular flexibility index (Phi) is 3.13. The number of aryl methyl sites for hydroxylation is 1. The van der Waals surface area contributed by atoms with Gasteiger partial charge in [0.1, 0.15) is 5.75 Å². The standard InChI is InChI=1S/C11H13ClO3S/c1-8-2-3-10-5-9(7-16(12,13)14)6-15-11(10)4-8/h2-4,9H,5-7H2,1H3. The Morgan fingerprint density at radius 1 is 1.50 bits per heavy atom. The van der Waals surface area contributed by atoms with Gasteiger partial charge in [0, 0.05) is 16.6 Å². The van der Waals surface area contributed by atoms with Crippen molar-refractivity contribution in [1.82, 2.24) is 0 Å². The van der Waals surface area contributed by atoms with Gasteiger partial charge < -0.3 is 4.74 Å². The molecule has 1 aliphatic rings. The minimum Gasteiger partial charge on any atom is -0.493 e. The summed E-state index contributed by atoms with van der Waals surface area (Å²) in [4.78, 5) is 0. The van der Waals surface area contributed by atoms with Gasteiger partial charge in [0.2, 0.25) is 9.05 Å². The number of rotatable bonds is 2. The van der Waals surface area contributed by atoms with Crippen LogP contribution in [0, 0.1) is 12.8 Å². The summed E-state index contributed by atoms with van der Waals surface area (Å²) >= 11 is 0. The Hall–Kier alpha value is -0.740. The van der Waals surface area contributed by atoms with E-state index in [1.165, 1.54) is 0 Å². The summed E-state index contributed by atoms with van der Waals surface area (Å²) < 4.78 is 27.5. The fourth-order valence-corrected chi connectivity index (χ4v) is 3.24. The molecular formula is C11H13ClO3S. The van der Waals surface area contributed by atoms with E-state index in [1.54, 1.807) is 0 Å². The van der Waals surface area contributed by atoms with Gasteiger partial charge in [0.05, 0.1) is 12.4 Å². The Morgan fingerprint density at radius 2 is 2.25 bits per heavy atom. The zero-order valence-corrected chi connectivity index (χ0v) is 10.5. The number of hydrogen-bond acceptors (Lipinski definition) is 3. The SMILES string of the molecule is Cc1ccc2c(c1)OCC(CS(=O)(=O)Cl)C2. The second-order valence-corrected chi connectivity index (χ2v) is 7.02. The van der Waals surface area contributed by atoms with Gasteiger partial charge in [-0.25, -0.2) is 8.42 Å². The largest absolute Gasteiger partial charge is 0.493 e. The van der Waals surface area contributed by atoms with E-state index < -0.39 is 9.05 Å². The van der Waals surface area contributed by atoms with Crippen LogP contribution < -0.4 is 4.74 Å². The Labute approximate surface area is 99.8 Å². The van der Waals surface area contributed by atoms with Crippen molar-refractivity contribution in [3.8, 4) is 5.75 Å². The van der Waals surface area contributed by atoms with Crippen molar-refractivity contribution in [1.29, 1.82) is 0 Å². The maximum atomic E-state index is 11.0. The highest BCUT2D eigenvalue weighted by molar-refractivity contribution is 8.13. The quantitative estimate of drug-likeness (QED) is 0.765. The minimum absolute atomic E-state index is 0.0259. The highest BCUT2D eigenvalue weighted by Gasteiger charge is 2.24. The molecule has 0 aliphatic carbocycles. The van der Waals surface area contributed by atoms with E-state index in [4.69, 9.17) is 15.4 Å². The molecule has 1 aromatic rings. The van der Waals surface area contributed by atoms with Crippen LogP contribution in [0.15, 0.2) is 18.2 Å². The Bertz CT molecular complexity index is 496. The van der Waals surface area contributed by atoms with E-state index in [2.05, 4.69) is 0 Å². The lowest BCUT2D eigenvalue weighted by Gasteiger charge is -2.24. The molecule has 0 saturated carbocycles. The zero-order chi connectivity index (χ0) is 11.8. The normalized spacial score (nSPS) is 20.0. The molecule has 0 bridgehead atoms. The van der Waals surface area contributed by atoms with Crippen LogP contribution in [0.3, 0.4) is 0 Å². The third-order valence-electron chi connectivity index (χ3n) is 2.64. The average molecular weight is 261 g/mol. The van der Waals surface area contributed by atoms with Crippen molar-refractivity contribution < 1.29 is 13.2 Å². The van der Waals surface area contributed by atoms with Gasteiger partial charge in [-0.2, -0.15) is 0 Å². The molecule has 1 aromatic carbocycles. The summed E-state index contributed by atoms with van der Waals surface area (Å²) in [7, 11) is 1.79. The highest BCUT2D eigenvalue weighted by atomic mass is 35.7. The molecule has 5 heteroatoms. The molecule has 3 nitrogen and oxygen atoms in total. The molecule has 16 heavy (non-hydrogen) atoms. The van der Waals surface area contributed by atoms with Gasteiger partial charge in [-0.1, -0.05) is 12.1 Å². The molecule has 1 heterocycles. The van der Waals surface area contributed by atoms with Crippen LogP contribution in [0.1, 0.15) is 11.1 Å². The van der Waals surface area contributed by atoms with Crippen LogP contribution in [0.2, 0.25) is 0 Å². The van der Waals surface area contributed by atoms with Crippen molar-refractivity contribution in [2.75, 3.05) is 12.4 Å². The van der Waals surface area contributed by atoms with Crippen molar-refractivity contribution in [3.05, 3.63) is 29.3 Å². The van der Waals surface area contributed by atoms with Gasteiger partial charge in [-0.3, -0.25) is 0 Å². The Balaban J connectivity index is 2.15. The highest BCUT2D eigenvalue weighted by Crippen LogP contribution is 2.29. The minimum atomic E-state index is -3.44. The first kappa shape index (κ1) is 11.7. The van der Waals surface area contributed by atoms with Crippen LogP contribution in [0.5, 0.6) is 5.75 Å². The van der Waals surface area contributed by atoms with Gasteiger partial charge >= 0.3 is 0 Å². The number of hydrogen-bond donors (Lipinski definition) is 0. The third-order valence-corrected chi connectivity index (χ3v) is 3.89. The van der Waals surface area contributed by atoms with Crippen LogP contribution in [-0.4, -0.2) is 20.8 Å². The van der Waals surface area contributed by atoms with Crippen molar-refractivity contribution in [2.45, 2.75) is 13.3 Å². The summed E-state index contributed by atoms with van der Waals surface area (Å²) in [5.74, 6) is 0.794. The summed E-state index contributed by atoms with van der Waals surface area (Å²) in [6, 6.07) is 5.96. The molecule has 2 rings (SSSR count). The van der Waals surface area contributed by atoms with Crippen LogP contribution in [0.25, 0.3) is 0 Å². The number of ether oxygens (including phenoxy) is 1. The molecule has 88 valence electrons. The van der Waals surface area contributed by atoms with Gasteiger partial charge in [0.15, 0.2) is 0 Å². The molecule has 0 spiro atoms. The maximum absolute atomic E-state index is 11.0. The van der Waals surface area contributed by atoms with E-state index in [0.29, 0.717) is 13.0 Å². The lowest BCUT2D eigenvalue weighted by Crippen LogP contribution is -2.26. The summed E-state index contributed by atoms with van der Waals surface area (Å²) in [6.07, 6.45) is 0.710. The van der Waals surface area contributed by atoms with E-state index in [-0.39, 0.29) is 11.7 Å². The number of halogens is 1. The number of fused-ring (bicyclic) bond motifs is 1. The average Bonchev–Trinajstić information content (AvgIpc) is 2.16. The van der Waals surface area contributed by atoms with Crippen LogP contribution in [0.4, 0.5) is 0 Å². The zero-order valence-electron chi connectivity index (χ0n) is 8.94. The maximum Gasteiger partial charge on any atom is 0.233 e. The van der Waals surface area contributed by atoms with Crippen molar-refractivity contribution in [3.63, 3.8) is 0 Å². The van der Waals surface area contributed by atoms with E-state index in [1.807, 2.05) is 25.1 Å². The van der Waals surface area contributed by atoms with Crippen molar-refractivity contribution >= 4 is 19.7 Å². The second-order valence-electron chi connectivity index (χ2n) is 4.20. The fourth-order valence-electron chi connectivity index (χ4n) is 1.93. The van der Waals surface area contributed by atoms with E-state index in [9.17, 15) is 8.42 Å². The van der Waals surface area contributed by atoms with Crippen molar-refractivity contribution in [2.24, 2.45) is 5.92 Å². The van der Waals surface area contributed by atoms with E-state index >= 15 is 0 Å². The first-order valence-electron chi connectivity index (χ1n) is 5.09. The second kappa shape index (κ2) is 4.26. The smallest absolute Gasteiger partial charge is 0.233 e. The molecule has 0 saturated heterocycles. The predicted molar refractivity (Wildman–Crippen MR) is 63.5 cm³/mol. The van der Waals surface area contributed by atoms with Crippen LogP contribution >= 0.6 is 10.7 Å². The molecule has 0 fully saturated rings. The lowest BCUT2D eigenvalue weighted by atomic mass is 9.97. The third kappa shape index (κ3) is 2.89. The molecule has 1 unspecified atom stereocenters. The monoisotopic (exact) mass is 260 g/mol. The fraction of sp³-hybridized carbons (Fsp3) is 0.455. The van der Waals surface area contributed by atoms with Gasteiger partial charge in [-0.15, -0.1) is 0 Å². The summed E-state index contributed by atoms with van der Waals surface area (Å²) in [5, 5.41) is 0.